The Morgan fingerprint density at radius 3 is 2.29 bits per heavy atom. The van der Waals surface area contributed by atoms with Crippen molar-refractivity contribution < 1.29 is 29.4 Å². The number of hydrogen-bond donors (Lipinski definition) is 6. The summed E-state index contributed by atoms with van der Waals surface area (Å²) in [7, 11) is 0. The van der Waals surface area contributed by atoms with Gasteiger partial charge in [0, 0.05) is 6.42 Å². The molecule has 0 saturated carbocycles. The summed E-state index contributed by atoms with van der Waals surface area (Å²) < 4.78 is 0. The SMILES string of the molecule is CSCCC(NC(=O)C1CCCN1)C(=O)NC(C(=O)NC(Cc1ccc(O)cc1)C(=O)O)C(C)C. The molecule has 0 spiro atoms. The van der Waals surface area contributed by atoms with E-state index in [0.717, 1.165) is 13.0 Å². The molecule has 4 unspecified atom stereocenters. The van der Waals surface area contributed by atoms with Crippen LogP contribution in [-0.2, 0) is 25.6 Å². The Kier molecular flexibility index (Phi) is 11.3. The maximum absolute atomic E-state index is 13.1. The molecule has 194 valence electrons. The van der Waals surface area contributed by atoms with Crippen LogP contribution in [0.25, 0.3) is 0 Å². The van der Waals surface area contributed by atoms with E-state index < -0.39 is 35.9 Å². The van der Waals surface area contributed by atoms with Crippen molar-refractivity contribution in [2.24, 2.45) is 5.92 Å². The number of carbonyl (C=O) groups excluding carboxylic acids is 3. The quantitative estimate of drug-likeness (QED) is 0.227. The van der Waals surface area contributed by atoms with E-state index in [4.69, 9.17) is 0 Å². The largest absolute Gasteiger partial charge is 0.508 e. The van der Waals surface area contributed by atoms with Crippen LogP contribution in [0.1, 0.15) is 38.7 Å². The number of aromatic hydroxyl groups is 1. The van der Waals surface area contributed by atoms with Gasteiger partial charge in [-0.1, -0.05) is 26.0 Å². The monoisotopic (exact) mass is 508 g/mol. The lowest BCUT2D eigenvalue weighted by Gasteiger charge is -2.27. The molecule has 10 nitrogen and oxygen atoms in total. The predicted molar refractivity (Wildman–Crippen MR) is 134 cm³/mol. The van der Waals surface area contributed by atoms with Crippen LogP contribution in [-0.4, -0.2) is 76.6 Å². The van der Waals surface area contributed by atoms with Crippen molar-refractivity contribution in [2.75, 3.05) is 18.6 Å². The molecule has 1 aliphatic rings. The molecule has 35 heavy (non-hydrogen) atoms. The fourth-order valence-electron chi connectivity index (χ4n) is 3.80. The lowest BCUT2D eigenvalue weighted by molar-refractivity contribution is -0.142. The number of nitrogens with one attached hydrogen (secondary N) is 4. The zero-order valence-corrected chi connectivity index (χ0v) is 21.2. The molecule has 1 heterocycles. The maximum atomic E-state index is 13.1. The molecule has 4 atom stereocenters. The molecule has 1 saturated heterocycles. The lowest BCUT2D eigenvalue weighted by Crippen LogP contribution is -2.58. The number of carboxylic acid groups (broad SMARTS) is 1. The van der Waals surface area contributed by atoms with E-state index in [1.807, 2.05) is 6.26 Å². The number of carboxylic acids is 1. The Morgan fingerprint density at radius 1 is 1.06 bits per heavy atom. The number of phenolic OH excluding ortho intramolecular Hbond substituents is 1. The second kappa shape index (κ2) is 13.9. The first-order valence-electron chi connectivity index (χ1n) is 11.8. The van der Waals surface area contributed by atoms with Gasteiger partial charge in [0.25, 0.3) is 0 Å². The summed E-state index contributed by atoms with van der Waals surface area (Å²) in [4.78, 5) is 50.5. The van der Waals surface area contributed by atoms with Gasteiger partial charge >= 0.3 is 5.97 Å². The number of carbonyl (C=O) groups is 4. The van der Waals surface area contributed by atoms with Crippen LogP contribution < -0.4 is 21.3 Å². The van der Waals surface area contributed by atoms with E-state index in [-0.39, 0.29) is 30.0 Å². The molecular weight excluding hydrogens is 472 g/mol. The fraction of sp³-hybridized carbons (Fsp3) is 0.583. The van der Waals surface area contributed by atoms with Gasteiger partial charge in [0.15, 0.2) is 0 Å². The minimum atomic E-state index is -1.22. The Bertz CT molecular complexity index is 873. The highest BCUT2D eigenvalue weighted by Crippen LogP contribution is 2.13. The molecule has 11 heteroatoms. The molecule has 1 fully saturated rings. The van der Waals surface area contributed by atoms with Crippen molar-refractivity contribution >= 4 is 35.5 Å². The third-order valence-electron chi connectivity index (χ3n) is 5.86. The second-order valence-electron chi connectivity index (χ2n) is 8.99. The van der Waals surface area contributed by atoms with E-state index in [1.54, 1.807) is 37.7 Å². The first-order valence-corrected chi connectivity index (χ1v) is 13.2. The topological polar surface area (TPSA) is 157 Å². The van der Waals surface area contributed by atoms with Gasteiger partial charge in [-0.25, -0.2) is 4.79 Å². The second-order valence-corrected chi connectivity index (χ2v) is 9.98. The minimum absolute atomic E-state index is 0.0148. The molecule has 0 aliphatic carbocycles. The predicted octanol–water partition coefficient (Wildman–Crippen LogP) is 0.635. The molecule has 1 aromatic carbocycles. The lowest BCUT2D eigenvalue weighted by atomic mass is 10.0. The number of benzene rings is 1. The van der Waals surface area contributed by atoms with Gasteiger partial charge < -0.3 is 31.5 Å². The van der Waals surface area contributed by atoms with Crippen LogP contribution in [0.3, 0.4) is 0 Å². The van der Waals surface area contributed by atoms with Crippen LogP contribution in [0.4, 0.5) is 0 Å². The smallest absolute Gasteiger partial charge is 0.326 e. The Hall–Kier alpha value is -2.79. The average molecular weight is 509 g/mol. The van der Waals surface area contributed by atoms with Gasteiger partial charge in [0.2, 0.25) is 17.7 Å². The summed E-state index contributed by atoms with van der Waals surface area (Å²) in [5.41, 5.74) is 0.626. The number of rotatable bonds is 13. The third-order valence-corrected chi connectivity index (χ3v) is 6.50. The van der Waals surface area contributed by atoms with Crippen molar-refractivity contribution in [1.82, 2.24) is 21.3 Å². The van der Waals surface area contributed by atoms with E-state index in [1.165, 1.54) is 12.1 Å². The molecule has 1 aliphatic heterocycles. The molecule has 3 amide bonds. The summed E-state index contributed by atoms with van der Waals surface area (Å²) in [6.07, 6.45) is 3.92. The molecule has 1 aromatic rings. The van der Waals surface area contributed by atoms with E-state index in [2.05, 4.69) is 21.3 Å². The van der Waals surface area contributed by atoms with Crippen molar-refractivity contribution in [2.45, 2.75) is 63.7 Å². The number of thioether (sulfide) groups is 1. The van der Waals surface area contributed by atoms with E-state index >= 15 is 0 Å². The van der Waals surface area contributed by atoms with Crippen molar-refractivity contribution in [3.05, 3.63) is 29.8 Å². The minimum Gasteiger partial charge on any atom is -0.508 e. The molecule has 2 rings (SSSR count). The highest BCUT2D eigenvalue weighted by atomic mass is 32.2. The molecular formula is C24H36N4O6S. The van der Waals surface area contributed by atoms with Gasteiger partial charge in [-0.15, -0.1) is 0 Å². The zero-order valence-electron chi connectivity index (χ0n) is 20.4. The standard InChI is InChI=1S/C24H36N4O6S/c1-14(2)20(23(32)27-19(24(33)34)13-15-6-8-16(29)9-7-15)28-22(31)18(10-12-35-3)26-21(30)17-5-4-11-25-17/h6-9,14,17-20,25,29H,4-5,10-13H2,1-3H3,(H,26,30)(H,27,32)(H,28,31)(H,33,34). The van der Waals surface area contributed by atoms with Crippen LogP contribution >= 0.6 is 11.8 Å². The summed E-state index contributed by atoms with van der Waals surface area (Å²) in [5, 5.41) is 30.2. The maximum Gasteiger partial charge on any atom is 0.326 e. The van der Waals surface area contributed by atoms with Gasteiger partial charge in [0.1, 0.15) is 23.9 Å². The Morgan fingerprint density at radius 2 is 1.74 bits per heavy atom. The van der Waals surface area contributed by atoms with Crippen molar-refractivity contribution in [1.29, 1.82) is 0 Å². The van der Waals surface area contributed by atoms with Crippen LogP contribution in [0.5, 0.6) is 5.75 Å². The van der Waals surface area contributed by atoms with Crippen molar-refractivity contribution in [3.8, 4) is 5.75 Å². The average Bonchev–Trinajstić information content (AvgIpc) is 3.35. The zero-order chi connectivity index (χ0) is 26.0. The normalized spacial score (nSPS) is 17.9. The van der Waals surface area contributed by atoms with Gasteiger partial charge in [-0.3, -0.25) is 14.4 Å². The van der Waals surface area contributed by atoms with Gasteiger partial charge in [-0.2, -0.15) is 11.8 Å². The summed E-state index contributed by atoms with van der Waals surface area (Å²) >= 11 is 1.54. The van der Waals surface area contributed by atoms with Crippen LogP contribution in [0.15, 0.2) is 24.3 Å². The number of aliphatic carboxylic acids is 1. The molecule has 0 bridgehead atoms. The highest BCUT2D eigenvalue weighted by molar-refractivity contribution is 7.98. The Labute approximate surface area is 210 Å². The molecule has 6 N–H and O–H groups in total. The molecule has 0 aromatic heterocycles. The number of hydrogen-bond acceptors (Lipinski definition) is 7. The third kappa shape index (κ3) is 9.06. The first kappa shape index (κ1) is 28.4. The van der Waals surface area contributed by atoms with Crippen LogP contribution in [0, 0.1) is 5.92 Å². The van der Waals surface area contributed by atoms with E-state index in [0.29, 0.717) is 24.2 Å². The van der Waals surface area contributed by atoms with Crippen molar-refractivity contribution in [3.63, 3.8) is 0 Å². The Balaban J connectivity index is 2.07. The van der Waals surface area contributed by atoms with Crippen LogP contribution in [0.2, 0.25) is 0 Å². The van der Waals surface area contributed by atoms with Gasteiger partial charge in [0.05, 0.1) is 6.04 Å². The fourth-order valence-corrected chi connectivity index (χ4v) is 4.27. The van der Waals surface area contributed by atoms with E-state index in [9.17, 15) is 29.4 Å². The molecule has 0 radical (unpaired) electrons. The number of phenols is 1. The van der Waals surface area contributed by atoms with Gasteiger partial charge in [-0.05, 0) is 61.4 Å². The first-order chi connectivity index (χ1) is 16.6. The number of amides is 3. The summed E-state index contributed by atoms with van der Waals surface area (Å²) in [6.45, 7) is 4.25. The highest BCUT2D eigenvalue weighted by Gasteiger charge is 2.32. The summed E-state index contributed by atoms with van der Waals surface area (Å²) in [5.74, 6) is -2.18. The summed E-state index contributed by atoms with van der Waals surface area (Å²) in [6, 6.07) is 2.70.